The molecule has 2 rings (SSSR count). The van der Waals surface area contributed by atoms with E-state index in [1.165, 1.54) is 0 Å². The van der Waals surface area contributed by atoms with Gasteiger partial charge in [-0.05, 0) is 30.9 Å². The Morgan fingerprint density at radius 2 is 2.15 bits per heavy atom. The van der Waals surface area contributed by atoms with Crippen molar-refractivity contribution >= 4 is 27.5 Å². The zero-order valence-corrected chi connectivity index (χ0v) is 13.8. The lowest BCUT2D eigenvalue weighted by atomic mass is 9.87. The Balaban J connectivity index is 2.21. The van der Waals surface area contributed by atoms with Crippen LogP contribution in [0.5, 0.6) is 0 Å². The molecule has 5 heteroatoms. The van der Waals surface area contributed by atoms with Crippen LogP contribution in [0.1, 0.15) is 19.3 Å². The molecule has 2 atom stereocenters. The van der Waals surface area contributed by atoms with Gasteiger partial charge in [0.05, 0.1) is 24.1 Å². The maximum Gasteiger partial charge on any atom is 0.122 e. The summed E-state index contributed by atoms with van der Waals surface area (Å²) in [6, 6.07) is 0. The number of alkyl halides is 1. The minimum absolute atomic E-state index is 0.100. The summed E-state index contributed by atoms with van der Waals surface area (Å²) < 4.78 is 24.7. The highest BCUT2D eigenvalue weighted by molar-refractivity contribution is 9.09. The van der Waals surface area contributed by atoms with Crippen LogP contribution in [0.2, 0.25) is 0 Å². The molecule has 110 valence electrons. The molecule has 0 aromatic heterocycles. The van der Waals surface area contributed by atoms with Gasteiger partial charge in [0.1, 0.15) is 17.3 Å². The van der Waals surface area contributed by atoms with E-state index in [4.69, 9.17) is 21.1 Å². The summed E-state index contributed by atoms with van der Waals surface area (Å²) >= 11 is 9.43. The molecular weight excluding hydrogens is 347 g/mol. The molecular formula is C15H17BrClFO2. The number of ether oxygens (including phenoxy) is 2. The molecule has 0 radical (unpaired) electrons. The number of allylic oxidation sites excluding steroid dienone is 7. The molecule has 0 aromatic carbocycles. The molecule has 2 unspecified atom stereocenters. The average Bonchev–Trinajstić information content (AvgIpc) is 2.44. The van der Waals surface area contributed by atoms with E-state index in [0.717, 1.165) is 23.5 Å². The van der Waals surface area contributed by atoms with Crippen LogP contribution in [0.15, 0.2) is 46.2 Å². The van der Waals surface area contributed by atoms with Crippen molar-refractivity contribution in [1.29, 1.82) is 0 Å². The summed E-state index contributed by atoms with van der Waals surface area (Å²) in [5.41, 5.74) is 1.08. The van der Waals surface area contributed by atoms with E-state index in [9.17, 15) is 4.39 Å². The van der Waals surface area contributed by atoms with Gasteiger partial charge in [-0.15, -0.1) is 0 Å². The smallest absolute Gasteiger partial charge is 0.122 e. The molecule has 2 aliphatic carbocycles. The predicted molar refractivity (Wildman–Crippen MR) is 82.3 cm³/mol. The van der Waals surface area contributed by atoms with E-state index in [1.807, 2.05) is 12.2 Å². The number of hydrogen-bond donors (Lipinski definition) is 0. The molecule has 0 heterocycles. The zero-order chi connectivity index (χ0) is 14.7. The zero-order valence-electron chi connectivity index (χ0n) is 11.5. The normalized spacial score (nSPS) is 26.8. The van der Waals surface area contributed by atoms with Crippen molar-refractivity contribution < 1.29 is 13.9 Å². The third-order valence-corrected chi connectivity index (χ3v) is 4.66. The minimum atomic E-state index is -0.232. The van der Waals surface area contributed by atoms with Gasteiger partial charge < -0.3 is 9.47 Å². The molecule has 0 aliphatic heterocycles. The molecule has 0 spiro atoms. The van der Waals surface area contributed by atoms with Crippen LogP contribution < -0.4 is 0 Å². The van der Waals surface area contributed by atoms with Gasteiger partial charge in [-0.3, -0.25) is 0 Å². The third-order valence-electron chi connectivity index (χ3n) is 3.58. The fourth-order valence-corrected chi connectivity index (χ4v) is 3.45. The van der Waals surface area contributed by atoms with E-state index >= 15 is 0 Å². The number of methoxy groups -OCH3 is 2. The van der Waals surface area contributed by atoms with Crippen molar-refractivity contribution in [2.75, 3.05) is 14.2 Å². The van der Waals surface area contributed by atoms with Crippen molar-refractivity contribution in [3.05, 3.63) is 46.2 Å². The maximum atomic E-state index is 14.0. The quantitative estimate of drug-likeness (QED) is 0.657. The van der Waals surface area contributed by atoms with Gasteiger partial charge in [0, 0.05) is 12.0 Å². The molecule has 2 nitrogen and oxygen atoms in total. The summed E-state index contributed by atoms with van der Waals surface area (Å²) in [6.07, 6.45) is 7.40. The van der Waals surface area contributed by atoms with Crippen LogP contribution in [0, 0.1) is 5.92 Å². The summed E-state index contributed by atoms with van der Waals surface area (Å²) in [6.45, 7) is 0. The first-order chi connectivity index (χ1) is 9.56. The first kappa shape index (κ1) is 15.6. The number of halogens is 3. The van der Waals surface area contributed by atoms with Crippen LogP contribution >= 0.6 is 27.5 Å². The molecule has 2 aliphatic rings. The van der Waals surface area contributed by atoms with E-state index in [2.05, 4.69) is 15.9 Å². The lowest BCUT2D eigenvalue weighted by molar-refractivity contribution is 0.255. The summed E-state index contributed by atoms with van der Waals surface area (Å²) in [5, 5.41) is 0.208. The second kappa shape index (κ2) is 6.81. The molecule has 0 saturated carbocycles. The molecule has 0 aromatic rings. The van der Waals surface area contributed by atoms with Crippen LogP contribution in [0.4, 0.5) is 4.39 Å². The van der Waals surface area contributed by atoms with E-state index in [0.29, 0.717) is 12.8 Å². The van der Waals surface area contributed by atoms with Crippen LogP contribution in [-0.2, 0) is 9.47 Å². The first-order valence-corrected chi connectivity index (χ1v) is 7.73. The Hall–Kier alpha value is -0.740. The van der Waals surface area contributed by atoms with E-state index < -0.39 is 0 Å². The van der Waals surface area contributed by atoms with Crippen LogP contribution in [0.25, 0.3) is 0 Å². The Bertz CT molecular complexity index is 508. The van der Waals surface area contributed by atoms with Gasteiger partial charge in [0.2, 0.25) is 0 Å². The number of hydrogen-bond acceptors (Lipinski definition) is 2. The highest BCUT2D eigenvalue weighted by atomic mass is 79.9. The second-order valence-electron chi connectivity index (χ2n) is 4.83. The van der Waals surface area contributed by atoms with Crippen molar-refractivity contribution in [2.24, 2.45) is 5.92 Å². The van der Waals surface area contributed by atoms with Gasteiger partial charge >= 0.3 is 0 Å². The fourth-order valence-electron chi connectivity index (χ4n) is 2.50. The summed E-state index contributed by atoms with van der Waals surface area (Å²) in [4.78, 5) is 0.100. The molecule has 20 heavy (non-hydrogen) atoms. The molecule has 0 N–H and O–H groups in total. The Labute approximate surface area is 132 Å². The largest absolute Gasteiger partial charge is 0.500 e. The van der Waals surface area contributed by atoms with Crippen LogP contribution in [-0.4, -0.2) is 19.0 Å². The standard InChI is InChI=1S/C15H17BrClFO2/c1-19-13-8-14(20-2)11(16)7-10(13)6-9-4-3-5-12(17)15(9)18/h3,5,8-9,11H,4,6-7H2,1-2H3. The summed E-state index contributed by atoms with van der Waals surface area (Å²) in [5.74, 6) is 1.15. The molecule has 0 bridgehead atoms. The average molecular weight is 364 g/mol. The van der Waals surface area contributed by atoms with Crippen LogP contribution in [0.3, 0.4) is 0 Å². The fraction of sp³-hybridized carbons (Fsp3) is 0.467. The second-order valence-corrected chi connectivity index (χ2v) is 6.34. The van der Waals surface area contributed by atoms with Crippen molar-refractivity contribution in [3.63, 3.8) is 0 Å². The van der Waals surface area contributed by atoms with Gasteiger partial charge in [0.15, 0.2) is 0 Å². The van der Waals surface area contributed by atoms with Crippen molar-refractivity contribution in [3.8, 4) is 0 Å². The maximum absolute atomic E-state index is 14.0. The molecule has 0 fully saturated rings. The van der Waals surface area contributed by atoms with E-state index in [-0.39, 0.29) is 21.6 Å². The Morgan fingerprint density at radius 3 is 2.80 bits per heavy atom. The van der Waals surface area contributed by atoms with Crippen molar-refractivity contribution in [2.45, 2.75) is 24.1 Å². The first-order valence-electron chi connectivity index (χ1n) is 6.44. The topological polar surface area (TPSA) is 18.5 Å². The van der Waals surface area contributed by atoms with Gasteiger partial charge in [0.25, 0.3) is 0 Å². The highest BCUT2D eigenvalue weighted by Gasteiger charge is 2.27. The lowest BCUT2D eigenvalue weighted by Gasteiger charge is -2.26. The Morgan fingerprint density at radius 1 is 1.40 bits per heavy atom. The molecule has 0 saturated heterocycles. The van der Waals surface area contributed by atoms with Gasteiger partial charge in [-0.2, -0.15) is 0 Å². The van der Waals surface area contributed by atoms with Crippen molar-refractivity contribution in [1.82, 2.24) is 0 Å². The lowest BCUT2D eigenvalue weighted by Crippen LogP contribution is -2.16. The highest BCUT2D eigenvalue weighted by Crippen LogP contribution is 2.38. The predicted octanol–water partition coefficient (Wildman–Crippen LogP) is 4.97. The van der Waals surface area contributed by atoms with E-state index in [1.54, 1.807) is 20.3 Å². The van der Waals surface area contributed by atoms with Gasteiger partial charge in [-0.25, -0.2) is 4.39 Å². The monoisotopic (exact) mass is 362 g/mol. The van der Waals surface area contributed by atoms with Gasteiger partial charge in [-0.1, -0.05) is 33.6 Å². The third kappa shape index (κ3) is 3.29. The number of rotatable bonds is 4. The molecule has 0 amide bonds. The SMILES string of the molecule is COC1=CC(OC)=C(CC2CC=CC(Cl)=C2F)CC1Br. The Kier molecular flexibility index (Phi) is 5.33. The minimum Gasteiger partial charge on any atom is -0.500 e. The summed E-state index contributed by atoms with van der Waals surface area (Å²) in [7, 11) is 3.25.